The molecule has 1 aliphatic carbocycles. The number of allylic oxidation sites excluding steroid dienone is 2. The normalized spacial score (nSPS) is 29.0. The highest BCUT2D eigenvalue weighted by Gasteiger charge is 2.18. The highest BCUT2D eigenvalue weighted by atomic mass is 16.7. The van der Waals surface area contributed by atoms with Crippen molar-refractivity contribution < 1.29 is 14.6 Å². The average Bonchev–Trinajstić information content (AvgIpc) is 2.38. The summed E-state index contributed by atoms with van der Waals surface area (Å²) in [4.78, 5) is 0. The first-order chi connectivity index (χ1) is 5.36. The van der Waals surface area contributed by atoms with Gasteiger partial charge in [-0.2, -0.15) is 0 Å². The number of aliphatic hydroxyl groups is 1. The molecule has 0 bridgehead atoms. The Morgan fingerprint density at radius 3 is 3.27 bits per heavy atom. The van der Waals surface area contributed by atoms with Crippen molar-refractivity contribution in [1.29, 1.82) is 0 Å². The van der Waals surface area contributed by atoms with Crippen molar-refractivity contribution in [3.8, 4) is 0 Å². The van der Waals surface area contributed by atoms with Gasteiger partial charge >= 0.3 is 0 Å². The number of hydrogen-bond acceptors (Lipinski definition) is 3. The molecular formula is C8H10O3. The summed E-state index contributed by atoms with van der Waals surface area (Å²) in [5.41, 5.74) is 0. The van der Waals surface area contributed by atoms with E-state index in [9.17, 15) is 5.11 Å². The molecule has 11 heavy (non-hydrogen) atoms. The molecule has 0 radical (unpaired) electrons. The first kappa shape index (κ1) is 6.73. The van der Waals surface area contributed by atoms with E-state index in [1.165, 1.54) is 0 Å². The fraction of sp³-hybridized carbons (Fsp3) is 0.500. The van der Waals surface area contributed by atoms with Gasteiger partial charge in [-0.25, -0.2) is 0 Å². The molecule has 0 aromatic rings. The van der Waals surface area contributed by atoms with Crippen LogP contribution in [0.15, 0.2) is 23.7 Å². The first-order valence-corrected chi connectivity index (χ1v) is 3.71. The van der Waals surface area contributed by atoms with Gasteiger partial charge in [-0.05, 0) is 12.5 Å². The van der Waals surface area contributed by atoms with Crippen LogP contribution in [0.5, 0.6) is 0 Å². The zero-order valence-electron chi connectivity index (χ0n) is 6.12. The maximum atomic E-state index is 9.22. The third-order valence-corrected chi connectivity index (χ3v) is 1.86. The van der Waals surface area contributed by atoms with Crippen LogP contribution in [0.4, 0.5) is 0 Å². The minimum atomic E-state index is -0.354. The molecule has 2 rings (SSSR count). The van der Waals surface area contributed by atoms with Crippen LogP contribution in [0, 0.1) is 0 Å². The lowest BCUT2D eigenvalue weighted by Gasteiger charge is -2.02. The highest BCUT2D eigenvalue weighted by molar-refractivity contribution is 5.21. The van der Waals surface area contributed by atoms with Crippen molar-refractivity contribution in [3.63, 3.8) is 0 Å². The van der Waals surface area contributed by atoms with Gasteiger partial charge in [0.2, 0.25) is 6.79 Å². The summed E-state index contributed by atoms with van der Waals surface area (Å²) in [6, 6.07) is 0. The summed E-state index contributed by atoms with van der Waals surface area (Å²) in [6.07, 6.45) is 4.65. The average molecular weight is 154 g/mol. The van der Waals surface area contributed by atoms with E-state index in [2.05, 4.69) is 0 Å². The molecule has 1 aliphatic heterocycles. The first-order valence-electron chi connectivity index (χ1n) is 3.71. The lowest BCUT2D eigenvalue weighted by atomic mass is 10.2. The van der Waals surface area contributed by atoms with Crippen molar-refractivity contribution in [2.24, 2.45) is 0 Å². The smallest absolute Gasteiger partial charge is 0.230 e. The summed E-state index contributed by atoms with van der Waals surface area (Å²) in [5, 5.41) is 9.22. The van der Waals surface area contributed by atoms with Crippen molar-refractivity contribution in [2.75, 3.05) is 6.79 Å². The molecule has 3 heteroatoms. The van der Waals surface area contributed by atoms with Gasteiger partial charge in [0.15, 0.2) is 5.76 Å². The fourth-order valence-corrected chi connectivity index (χ4v) is 1.23. The van der Waals surface area contributed by atoms with E-state index >= 15 is 0 Å². The van der Waals surface area contributed by atoms with Gasteiger partial charge in [0.25, 0.3) is 0 Å². The Hall–Kier alpha value is -0.960. The second kappa shape index (κ2) is 2.58. The number of hydrogen-bond donors (Lipinski definition) is 1. The Bertz CT molecular complexity index is 217. The standard InChI is InChI=1S/C8H10O3/c9-6-1-3-7-8(4-2-6)11-5-10-7/h1,3,6,9H,2,4-5H2. The summed E-state index contributed by atoms with van der Waals surface area (Å²) in [5.74, 6) is 1.65. The lowest BCUT2D eigenvalue weighted by Crippen LogP contribution is -2.01. The molecule has 0 fully saturated rings. The van der Waals surface area contributed by atoms with Gasteiger partial charge in [-0.3, -0.25) is 0 Å². The molecule has 1 heterocycles. The van der Waals surface area contributed by atoms with E-state index in [-0.39, 0.29) is 6.10 Å². The van der Waals surface area contributed by atoms with Crippen molar-refractivity contribution in [2.45, 2.75) is 18.9 Å². The predicted molar refractivity (Wildman–Crippen MR) is 38.4 cm³/mol. The van der Waals surface area contributed by atoms with Crippen LogP contribution < -0.4 is 0 Å². The van der Waals surface area contributed by atoms with Crippen molar-refractivity contribution in [1.82, 2.24) is 0 Å². The summed E-state index contributed by atoms with van der Waals surface area (Å²) in [7, 11) is 0. The fourth-order valence-electron chi connectivity index (χ4n) is 1.23. The largest absolute Gasteiger partial charge is 0.458 e. The minimum absolute atomic E-state index is 0.325. The second-order valence-corrected chi connectivity index (χ2v) is 2.66. The van der Waals surface area contributed by atoms with Crippen molar-refractivity contribution in [3.05, 3.63) is 23.7 Å². The topological polar surface area (TPSA) is 38.7 Å². The zero-order valence-corrected chi connectivity index (χ0v) is 6.12. The third-order valence-electron chi connectivity index (χ3n) is 1.86. The van der Waals surface area contributed by atoms with Gasteiger partial charge in [-0.1, -0.05) is 6.08 Å². The van der Waals surface area contributed by atoms with Gasteiger partial charge in [-0.15, -0.1) is 0 Å². The number of rotatable bonds is 0. The van der Waals surface area contributed by atoms with E-state index in [0.29, 0.717) is 6.79 Å². The van der Waals surface area contributed by atoms with Crippen LogP contribution >= 0.6 is 0 Å². The molecule has 0 spiro atoms. The Morgan fingerprint density at radius 2 is 2.36 bits per heavy atom. The predicted octanol–water partition coefficient (Wildman–Crippen LogP) is 0.913. The Balaban J connectivity index is 2.18. The maximum Gasteiger partial charge on any atom is 0.230 e. The van der Waals surface area contributed by atoms with E-state index < -0.39 is 0 Å². The summed E-state index contributed by atoms with van der Waals surface area (Å²) in [6.45, 7) is 0.325. The maximum absolute atomic E-state index is 9.22. The Morgan fingerprint density at radius 1 is 1.45 bits per heavy atom. The molecule has 2 aliphatic rings. The van der Waals surface area contributed by atoms with Crippen molar-refractivity contribution >= 4 is 0 Å². The molecular weight excluding hydrogens is 144 g/mol. The van der Waals surface area contributed by atoms with Gasteiger partial charge in [0, 0.05) is 6.42 Å². The molecule has 3 nitrogen and oxygen atoms in total. The molecule has 1 atom stereocenters. The molecule has 0 aromatic heterocycles. The summed E-state index contributed by atoms with van der Waals surface area (Å²) >= 11 is 0. The van der Waals surface area contributed by atoms with Gasteiger partial charge in [0.1, 0.15) is 5.76 Å². The molecule has 0 saturated carbocycles. The number of aliphatic hydroxyl groups excluding tert-OH is 1. The lowest BCUT2D eigenvalue weighted by molar-refractivity contribution is 0.0688. The van der Waals surface area contributed by atoms with Crippen LogP contribution in [0.1, 0.15) is 12.8 Å². The Labute approximate surface area is 64.9 Å². The molecule has 1 N–H and O–H groups in total. The van der Waals surface area contributed by atoms with E-state index in [0.717, 1.165) is 24.4 Å². The monoisotopic (exact) mass is 154 g/mol. The zero-order chi connectivity index (χ0) is 7.68. The molecule has 0 aromatic carbocycles. The van der Waals surface area contributed by atoms with E-state index in [4.69, 9.17) is 9.47 Å². The Kier molecular flexibility index (Phi) is 1.58. The molecule has 0 amide bonds. The summed E-state index contributed by atoms with van der Waals surface area (Å²) < 4.78 is 10.3. The minimum Gasteiger partial charge on any atom is -0.458 e. The SMILES string of the molecule is OC1C=CC2=C(CC1)OCO2. The van der Waals surface area contributed by atoms with Gasteiger partial charge in [0.05, 0.1) is 6.10 Å². The molecule has 0 saturated heterocycles. The van der Waals surface area contributed by atoms with Crippen LogP contribution in [0.3, 0.4) is 0 Å². The quantitative estimate of drug-likeness (QED) is 0.563. The molecule has 1 unspecified atom stereocenters. The van der Waals surface area contributed by atoms with Gasteiger partial charge < -0.3 is 14.6 Å². The van der Waals surface area contributed by atoms with E-state index in [1.54, 1.807) is 12.2 Å². The van der Waals surface area contributed by atoms with Crippen LogP contribution in [-0.4, -0.2) is 18.0 Å². The highest BCUT2D eigenvalue weighted by Crippen LogP contribution is 2.25. The molecule has 60 valence electrons. The second-order valence-electron chi connectivity index (χ2n) is 2.66. The van der Waals surface area contributed by atoms with E-state index in [1.807, 2.05) is 0 Å². The third kappa shape index (κ3) is 1.24. The van der Waals surface area contributed by atoms with Crippen LogP contribution in [-0.2, 0) is 9.47 Å². The number of ether oxygens (including phenoxy) is 2. The van der Waals surface area contributed by atoms with Crippen LogP contribution in [0.2, 0.25) is 0 Å². The van der Waals surface area contributed by atoms with Crippen LogP contribution in [0.25, 0.3) is 0 Å².